The number of nitrogens with zero attached hydrogens (tertiary/aromatic N) is 4. The Morgan fingerprint density at radius 1 is 1.39 bits per heavy atom. The molecule has 1 aromatic carbocycles. The first-order valence-electron chi connectivity index (χ1n) is 5.51. The molecule has 0 spiro atoms. The number of halogens is 1. The molecule has 1 aromatic heterocycles. The zero-order chi connectivity index (χ0) is 13.3. The van der Waals surface area contributed by atoms with Gasteiger partial charge in [0.1, 0.15) is 11.8 Å². The van der Waals surface area contributed by atoms with Crippen molar-refractivity contribution in [3.63, 3.8) is 0 Å². The molecule has 1 atom stereocenters. The fourth-order valence-electron chi connectivity index (χ4n) is 1.76. The van der Waals surface area contributed by atoms with Gasteiger partial charge in [-0.15, -0.1) is 5.10 Å². The van der Waals surface area contributed by atoms with E-state index >= 15 is 0 Å². The standard InChI is InChI=1S/C12H15BrN4O/c1-16(2)9-6-4-5-8(7-9)11(18)10-12(13)14-15-17(10)3/h4-7,11,18H,1-3H3. The lowest BCUT2D eigenvalue weighted by molar-refractivity contribution is 0.209. The Hall–Kier alpha value is -1.40. The molecule has 18 heavy (non-hydrogen) atoms. The lowest BCUT2D eigenvalue weighted by Gasteiger charge is -2.16. The highest BCUT2D eigenvalue weighted by molar-refractivity contribution is 9.10. The van der Waals surface area contributed by atoms with Crippen molar-refractivity contribution in [2.45, 2.75) is 6.10 Å². The molecule has 0 saturated carbocycles. The quantitative estimate of drug-likeness (QED) is 0.938. The van der Waals surface area contributed by atoms with Gasteiger partial charge in [-0.1, -0.05) is 17.3 Å². The van der Waals surface area contributed by atoms with Gasteiger partial charge < -0.3 is 10.0 Å². The van der Waals surface area contributed by atoms with Gasteiger partial charge in [0, 0.05) is 26.8 Å². The number of aliphatic hydroxyl groups excluding tert-OH is 1. The Morgan fingerprint density at radius 3 is 2.67 bits per heavy atom. The lowest BCUT2D eigenvalue weighted by atomic mass is 10.1. The van der Waals surface area contributed by atoms with Crippen molar-refractivity contribution in [2.75, 3.05) is 19.0 Å². The maximum Gasteiger partial charge on any atom is 0.154 e. The van der Waals surface area contributed by atoms with E-state index in [9.17, 15) is 5.11 Å². The van der Waals surface area contributed by atoms with Gasteiger partial charge in [0.25, 0.3) is 0 Å². The van der Waals surface area contributed by atoms with Crippen molar-refractivity contribution in [3.8, 4) is 0 Å². The number of benzene rings is 1. The lowest BCUT2D eigenvalue weighted by Crippen LogP contribution is -2.11. The monoisotopic (exact) mass is 310 g/mol. The molecule has 1 unspecified atom stereocenters. The molecular formula is C12H15BrN4O. The summed E-state index contributed by atoms with van der Waals surface area (Å²) in [5.41, 5.74) is 2.50. The van der Waals surface area contributed by atoms with Crippen molar-refractivity contribution in [2.24, 2.45) is 7.05 Å². The first-order chi connectivity index (χ1) is 8.50. The maximum absolute atomic E-state index is 10.4. The number of aryl methyl sites for hydroxylation is 1. The summed E-state index contributed by atoms with van der Waals surface area (Å²) in [6.07, 6.45) is -0.751. The predicted octanol–water partition coefficient (Wildman–Crippen LogP) is 1.73. The fourth-order valence-corrected chi connectivity index (χ4v) is 2.30. The molecule has 96 valence electrons. The molecule has 2 rings (SSSR count). The molecule has 0 radical (unpaired) electrons. The molecule has 1 N–H and O–H groups in total. The van der Waals surface area contributed by atoms with Crippen LogP contribution in [0.1, 0.15) is 17.4 Å². The van der Waals surface area contributed by atoms with Crippen molar-refractivity contribution in [3.05, 3.63) is 40.1 Å². The molecule has 0 bridgehead atoms. The highest BCUT2D eigenvalue weighted by atomic mass is 79.9. The molecule has 2 aromatic rings. The summed E-state index contributed by atoms with van der Waals surface area (Å²) in [5, 5.41) is 18.1. The smallest absolute Gasteiger partial charge is 0.154 e. The van der Waals surface area contributed by atoms with E-state index < -0.39 is 6.10 Å². The second-order valence-corrected chi connectivity index (χ2v) is 5.03. The van der Waals surface area contributed by atoms with E-state index in [-0.39, 0.29) is 0 Å². The average Bonchev–Trinajstić information content (AvgIpc) is 2.68. The Labute approximate surface area is 114 Å². The number of anilines is 1. The second-order valence-electron chi connectivity index (χ2n) is 4.28. The summed E-state index contributed by atoms with van der Waals surface area (Å²) >= 11 is 3.30. The summed E-state index contributed by atoms with van der Waals surface area (Å²) < 4.78 is 2.13. The third-order valence-electron chi connectivity index (χ3n) is 2.79. The normalized spacial score (nSPS) is 12.5. The minimum atomic E-state index is -0.751. The first kappa shape index (κ1) is 13.0. The topological polar surface area (TPSA) is 54.2 Å². The Morgan fingerprint density at radius 2 is 2.11 bits per heavy atom. The molecule has 0 aliphatic heterocycles. The summed E-state index contributed by atoms with van der Waals surface area (Å²) in [5.74, 6) is 0. The van der Waals surface area contributed by atoms with Crippen LogP contribution in [0.3, 0.4) is 0 Å². The van der Waals surface area contributed by atoms with E-state index in [1.54, 1.807) is 11.7 Å². The SMILES string of the molecule is CN(C)c1cccc(C(O)c2c(Br)nnn2C)c1. The third-order valence-corrected chi connectivity index (χ3v) is 3.35. The number of aliphatic hydroxyl groups is 1. The van der Waals surface area contributed by atoms with E-state index in [0.717, 1.165) is 11.3 Å². The Bertz CT molecular complexity index is 533. The number of aromatic nitrogens is 3. The van der Waals surface area contributed by atoms with Crippen LogP contribution in [-0.4, -0.2) is 34.2 Å². The van der Waals surface area contributed by atoms with E-state index in [1.165, 1.54) is 0 Å². The largest absolute Gasteiger partial charge is 0.382 e. The third kappa shape index (κ3) is 2.39. The van der Waals surface area contributed by atoms with Crippen LogP contribution in [0.2, 0.25) is 0 Å². The van der Waals surface area contributed by atoms with Gasteiger partial charge in [-0.05, 0) is 33.6 Å². The first-order valence-corrected chi connectivity index (χ1v) is 6.30. The van der Waals surface area contributed by atoms with Crippen molar-refractivity contribution in [1.82, 2.24) is 15.0 Å². The van der Waals surface area contributed by atoms with Gasteiger partial charge in [-0.2, -0.15) is 0 Å². The van der Waals surface area contributed by atoms with E-state index in [4.69, 9.17) is 0 Å². The van der Waals surface area contributed by atoms with E-state index in [1.807, 2.05) is 43.3 Å². The molecular weight excluding hydrogens is 296 g/mol. The fraction of sp³-hybridized carbons (Fsp3) is 0.333. The molecule has 0 saturated heterocycles. The summed E-state index contributed by atoms with van der Waals surface area (Å²) in [6, 6.07) is 7.75. The highest BCUT2D eigenvalue weighted by Gasteiger charge is 2.19. The average molecular weight is 311 g/mol. The van der Waals surface area contributed by atoms with Crippen LogP contribution in [0.25, 0.3) is 0 Å². The van der Waals surface area contributed by atoms with Crippen LogP contribution >= 0.6 is 15.9 Å². The van der Waals surface area contributed by atoms with Crippen LogP contribution in [0.5, 0.6) is 0 Å². The van der Waals surface area contributed by atoms with Crippen molar-refractivity contribution >= 4 is 21.6 Å². The van der Waals surface area contributed by atoms with Crippen molar-refractivity contribution in [1.29, 1.82) is 0 Å². The molecule has 6 heteroatoms. The second kappa shape index (κ2) is 5.07. The molecule has 5 nitrogen and oxygen atoms in total. The predicted molar refractivity (Wildman–Crippen MR) is 73.5 cm³/mol. The molecule has 0 aliphatic rings. The number of hydrogen-bond acceptors (Lipinski definition) is 4. The summed E-state index contributed by atoms with van der Waals surface area (Å²) in [4.78, 5) is 1.99. The number of hydrogen-bond donors (Lipinski definition) is 1. The number of rotatable bonds is 3. The van der Waals surface area contributed by atoms with Gasteiger partial charge in [0.15, 0.2) is 4.60 Å². The van der Waals surface area contributed by atoms with Gasteiger partial charge in [0.2, 0.25) is 0 Å². The van der Waals surface area contributed by atoms with Crippen LogP contribution < -0.4 is 4.90 Å². The van der Waals surface area contributed by atoms with Gasteiger partial charge in [-0.3, -0.25) is 0 Å². The Kier molecular flexibility index (Phi) is 3.68. The minimum absolute atomic E-state index is 0.563. The molecule has 0 fully saturated rings. The molecule has 0 amide bonds. The van der Waals surface area contributed by atoms with Gasteiger partial charge in [-0.25, -0.2) is 4.68 Å². The highest BCUT2D eigenvalue weighted by Crippen LogP contribution is 2.28. The zero-order valence-electron chi connectivity index (χ0n) is 10.5. The minimum Gasteiger partial charge on any atom is -0.382 e. The van der Waals surface area contributed by atoms with Crippen LogP contribution in [-0.2, 0) is 7.05 Å². The van der Waals surface area contributed by atoms with Crippen molar-refractivity contribution < 1.29 is 5.11 Å². The van der Waals surface area contributed by atoms with E-state index in [2.05, 4.69) is 26.2 Å². The molecule has 1 heterocycles. The zero-order valence-corrected chi connectivity index (χ0v) is 12.1. The van der Waals surface area contributed by atoms with Crippen LogP contribution in [0.4, 0.5) is 5.69 Å². The summed E-state index contributed by atoms with van der Waals surface area (Å²) in [7, 11) is 5.69. The van der Waals surface area contributed by atoms with E-state index in [0.29, 0.717) is 10.3 Å². The summed E-state index contributed by atoms with van der Waals surface area (Å²) in [6.45, 7) is 0. The maximum atomic E-state index is 10.4. The van der Waals surface area contributed by atoms with Crippen LogP contribution in [0, 0.1) is 0 Å². The van der Waals surface area contributed by atoms with Gasteiger partial charge in [0.05, 0.1) is 0 Å². The molecule has 0 aliphatic carbocycles. The van der Waals surface area contributed by atoms with Gasteiger partial charge >= 0.3 is 0 Å². The van der Waals surface area contributed by atoms with Crippen LogP contribution in [0.15, 0.2) is 28.9 Å². The Balaban J connectivity index is 2.40.